The third-order valence-electron chi connectivity index (χ3n) is 7.93. The molecule has 3 unspecified atom stereocenters. The van der Waals surface area contributed by atoms with Crippen molar-refractivity contribution in [1.29, 1.82) is 0 Å². The van der Waals surface area contributed by atoms with Crippen LogP contribution in [-0.2, 0) is 4.79 Å². The molecule has 0 aliphatic heterocycles. The summed E-state index contributed by atoms with van der Waals surface area (Å²) in [5, 5.41) is 23.4. The normalized spacial score (nSPS) is 14.1. The van der Waals surface area contributed by atoms with Crippen molar-refractivity contribution in [3.63, 3.8) is 0 Å². The smallest absolute Gasteiger partial charge is 0.223 e. The van der Waals surface area contributed by atoms with Crippen LogP contribution in [0.1, 0.15) is 175 Å². The number of hydrogen-bond donors (Lipinski definition) is 3. The fourth-order valence-electron chi connectivity index (χ4n) is 5.23. The maximum atomic E-state index is 13.1. The molecule has 0 rings (SSSR count). The van der Waals surface area contributed by atoms with Crippen molar-refractivity contribution < 1.29 is 15.0 Å². The second-order valence-corrected chi connectivity index (χ2v) is 11.6. The van der Waals surface area contributed by atoms with Gasteiger partial charge in [-0.15, -0.1) is 0 Å². The molecule has 4 nitrogen and oxygen atoms in total. The summed E-state index contributed by atoms with van der Waals surface area (Å²) in [7, 11) is 0. The first kappa shape index (κ1) is 37.1. The first-order valence-corrected chi connectivity index (χ1v) is 16.9. The highest BCUT2D eigenvalue weighted by molar-refractivity contribution is 5.79. The fraction of sp³-hybridized carbons (Fsp3) is 0.912. The molecule has 0 aromatic carbocycles. The van der Waals surface area contributed by atoms with Crippen molar-refractivity contribution in [2.75, 3.05) is 6.61 Å². The number of unbranched alkanes of at least 4 members (excludes halogenated alkanes) is 19. The van der Waals surface area contributed by atoms with Crippen molar-refractivity contribution in [2.45, 2.75) is 187 Å². The average Bonchev–Trinajstić information content (AvgIpc) is 2.92. The molecule has 38 heavy (non-hydrogen) atoms. The standard InChI is InChI=1S/C34H67NO3/c1-4-7-10-13-15-16-17-18-19-20-21-23-26-29-33(37)32(30-36)35-34(38)31(27-24-12-9-6-3)28-25-22-14-11-8-5-2/h26,29,31-33,36-37H,4-25,27-28,30H2,1-3H3,(H,35,38)/b29-26+. The Balaban J connectivity index is 4.28. The van der Waals surface area contributed by atoms with Crippen LogP contribution in [0.2, 0.25) is 0 Å². The number of allylic oxidation sites excluding steroid dienone is 1. The van der Waals surface area contributed by atoms with Gasteiger partial charge in [-0.2, -0.15) is 0 Å². The van der Waals surface area contributed by atoms with E-state index in [9.17, 15) is 15.0 Å². The molecule has 0 saturated carbocycles. The predicted molar refractivity (Wildman–Crippen MR) is 165 cm³/mol. The Bertz CT molecular complexity index is 522. The van der Waals surface area contributed by atoms with Crippen LogP contribution >= 0.6 is 0 Å². The molecule has 0 radical (unpaired) electrons. The van der Waals surface area contributed by atoms with Gasteiger partial charge in [0.2, 0.25) is 5.91 Å². The van der Waals surface area contributed by atoms with E-state index in [0.717, 1.165) is 38.5 Å². The van der Waals surface area contributed by atoms with Crippen LogP contribution < -0.4 is 5.32 Å². The number of hydrogen-bond acceptors (Lipinski definition) is 3. The van der Waals surface area contributed by atoms with Crippen molar-refractivity contribution in [3.8, 4) is 0 Å². The van der Waals surface area contributed by atoms with Gasteiger partial charge in [0.15, 0.2) is 0 Å². The van der Waals surface area contributed by atoms with Gasteiger partial charge in [0.25, 0.3) is 0 Å². The molecule has 0 spiro atoms. The molecule has 3 N–H and O–H groups in total. The van der Waals surface area contributed by atoms with Crippen LogP contribution in [0.4, 0.5) is 0 Å². The van der Waals surface area contributed by atoms with E-state index in [4.69, 9.17) is 0 Å². The Kier molecular flexibility index (Phi) is 28.5. The van der Waals surface area contributed by atoms with Gasteiger partial charge in [0.05, 0.1) is 18.8 Å². The maximum absolute atomic E-state index is 13.1. The van der Waals surface area contributed by atoms with E-state index in [-0.39, 0.29) is 18.4 Å². The first-order chi connectivity index (χ1) is 18.6. The van der Waals surface area contributed by atoms with Gasteiger partial charge in [-0.05, 0) is 25.7 Å². The molecule has 4 heteroatoms. The molecule has 1 amide bonds. The fourth-order valence-corrected chi connectivity index (χ4v) is 5.23. The lowest BCUT2D eigenvalue weighted by Crippen LogP contribution is -2.47. The summed E-state index contributed by atoms with van der Waals surface area (Å²) >= 11 is 0. The molecule has 0 saturated heterocycles. The Hall–Kier alpha value is -0.870. The van der Waals surface area contributed by atoms with E-state index in [2.05, 4.69) is 26.1 Å². The summed E-state index contributed by atoms with van der Waals surface area (Å²) in [6.45, 7) is 6.47. The van der Waals surface area contributed by atoms with Crippen LogP contribution in [0.5, 0.6) is 0 Å². The van der Waals surface area contributed by atoms with Crippen molar-refractivity contribution in [1.82, 2.24) is 5.32 Å². The van der Waals surface area contributed by atoms with Gasteiger partial charge in [0.1, 0.15) is 0 Å². The van der Waals surface area contributed by atoms with Crippen LogP contribution in [0, 0.1) is 5.92 Å². The van der Waals surface area contributed by atoms with Gasteiger partial charge in [-0.3, -0.25) is 4.79 Å². The lowest BCUT2D eigenvalue weighted by molar-refractivity contribution is -0.127. The van der Waals surface area contributed by atoms with Crippen molar-refractivity contribution >= 4 is 5.91 Å². The lowest BCUT2D eigenvalue weighted by atomic mass is 9.93. The molecule has 0 heterocycles. The molecule has 0 aliphatic carbocycles. The summed E-state index contributed by atoms with van der Waals surface area (Å²) in [6.07, 6.45) is 32.3. The van der Waals surface area contributed by atoms with E-state index in [1.54, 1.807) is 6.08 Å². The topological polar surface area (TPSA) is 69.6 Å². The highest BCUT2D eigenvalue weighted by Gasteiger charge is 2.23. The van der Waals surface area contributed by atoms with E-state index < -0.39 is 12.1 Å². The SMILES string of the molecule is CCCCCCCCCCCCC/C=C/C(O)C(CO)NC(=O)C(CCCCCC)CCCCCCCC. The van der Waals surface area contributed by atoms with Crippen LogP contribution in [0.15, 0.2) is 12.2 Å². The Morgan fingerprint density at radius 1 is 0.632 bits per heavy atom. The number of carbonyl (C=O) groups excluding carboxylic acids is 1. The average molecular weight is 538 g/mol. The zero-order valence-electron chi connectivity index (χ0n) is 25.9. The van der Waals surface area contributed by atoms with Gasteiger partial charge < -0.3 is 15.5 Å². The van der Waals surface area contributed by atoms with E-state index in [1.165, 1.54) is 116 Å². The van der Waals surface area contributed by atoms with E-state index in [1.807, 2.05) is 6.08 Å². The second-order valence-electron chi connectivity index (χ2n) is 11.6. The largest absolute Gasteiger partial charge is 0.394 e. The zero-order valence-corrected chi connectivity index (χ0v) is 25.9. The van der Waals surface area contributed by atoms with E-state index >= 15 is 0 Å². The number of amides is 1. The number of rotatable bonds is 29. The lowest BCUT2D eigenvalue weighted by Gasteiger charge is -2.24. The Labute approximate surface area is 237 Å². The zero-order chi connectivity index (χ0) is 28.1. The van der Waals surface area contributed by atoms with Gasteiger partial charge in [-0.25, -0.2) is 0 Å². The van der Waals surface area contributed by atoms with Crippen LogP contribution in [0.25, 0.3) is 0 Å². The first-order valence-electron chi connectivity index (χ1n) is 16.9. The number of aliphatic hydroxyl groups excluding tert-OH is 2. The van der Waals surface area contributed by atoms with E-state index in [0.29, 0.717) is 0 Å². The maximum Gasteiger partial charge on any atom is 0.223 e. The minimum Gasteiger partial charge on any atom is -0.394 e. The minimum atomic E-state index is -0.841. The molecule has 0 aliphatic rings. The predicted octanol–water partition coefficient (Wildman–Crippen LogP) is 9.42. The Morgan fingerprint density at radius 3 is 1.47 bits per heavy atom. The highest BCUT2D eigenvalue weighted by Crippen LogP contribution is 2.20. The third-order valence-corrected chi connectivity index (χ3v) is 7.93. The summed E-state index contributed by atoms with van der Waals surface area (Å²) < 4.78 is 0. The van der Waals surface area contributed by atoms with Crippen molar-refractivity contribution in [2.24, 2.45) is 5.92 Å². The molecular formula is C34H67NO3. The molecule has 0 aromatic rings. The van der Waals surface area contributed by atoms with Crippen LogP contribution in [0.3, 0.4) is 0 Å². The summed E-state index contributed by atoms with van der Waals surface area (Å²) in [4.78, 5) is 13.1. The molecule has 0 aromatic heterocycles. The molecule has 0 bridgehead atoms. The quantitative estimate of drug-likeness (QED) is 0.0657. The molecule has 226 valence electrons. The molecule has 3 atom stereocenters. The summed E-state index contributed by atoms with van der Waals surface area (Å²) in [5.74, 6) is -0.00785. The van der Waals surface area contributed by atoms with Gasteiger partial charge in [-0.1, -0.05) is 161 Å². The molecular weight excluding hydrogens is 470 g/mol. The number of aliphatic hydroxyl groups is 2. The minimum absolute atomic E-state index is 0.00641. The van der Waals surface area contributed by atoms with Gasteiger partial charge >= 0.3 is 0 Å². The number of nitrogens with one attached hydrogen (secondary N) is 1. The van der Waals surface area contributed by atoms with Crippen molar-refractivity contribution in [3.05, 3.63) is 12.2 Å². The Morgan fingerprint density at radius 2 is 1.03 bits per heavy atom. The monoisotopic (exact) mass is 538 g/mol. The highest BCUT2D eigenvalue weighted by atomic mass is 16.3. The van der Waals surface area contributed by atoms with Crippen LogP contribution in [-0.4, -0.2) is 34.9 Å². The summed E-state index contributed by atoms with van der Waals surface area (Å²) in [6, 6.07) is -0.626. The molecule has 0 fully saturated rings. The third kappa shape index (κ3) is 23.1. The summed E-state index contributed by atoms with van der Waals surface area (Å²) in [5.41, 5.74) is 0. The van der Waals surface area contributed by atoms with Gasteiger partial charge in [0, 0.05) is 5.92 Å². The second kappa shape index (κ2) is 29.1. The number of carbonyl (C=O) groups is 1.